The third-order valence-corrected chi connectivity index (χ3v) is 8.79. The molecule has 9 nitrogen and oxygen atoms in total. The van der Waals surface area contributed by atoms with Crippen molar-refractivity contribution < 1.29 is 27.4 Å². The van der Waals surface area contributed by atoms with Gasteiger partial charge in [-0.3, -0.25) is 0 Å². The van der Waals surface area contributed by atoms with Crippen LogP contribution >= 0.6 is 11.3 Å². The maximum atomic E-state index is 13.3. The zero-order valence-electron chi connectivity index (χ0n) is 20.2. The summed E-state index contributed by atoms with van der Waals surface area (Å²) < 4.78 is 49.3. The maximum Gasteiger partial charge on any atom is 0.246 e. The average molecular weight is 520 g/mol. The minimum absolute atomic E-state index is 0.138. The Balaban J connectivity index is 1.43. The van der Waals surface area contributed by atoms with Crippen LogP contribution in [0.2, 0.25) is 0 Å². The molecule has 3 aromatic rings. The monoisotopic (exact) mass is 519 g/mol. The molecule has 1 aliphatic heterocycles. The van der Waals surface area contributed by atoms with Crippen LogP contribution in [-0.2, 0) is 16.4 Å². The van der Waals surface area contributed by atoms with Gasteiger partial charge in [0.25, 0.3) is 0 Å². The Morgan fingerprint density at radius 3 is 2.11 bits per heavy atom. The van der Waals surface area contributed by atoms with E-state index in [2.05, 4.69) is 4.90 Å². The highest BCUT2D eigenvalue weighted by Crippen LogP contribution is 2.32. The van der Waals surface area contributed by atoms with Gasteiger partial charge in [-0.1, -0.05) is 6.07 Å². The minimum atomic E-state index is -3.70. The van der Waals surface area contributed by atoms with Crippen LogP contribution in [0.15, 0.2) is 46.7 Å². The maximum absolute atomic E-state index is 13.3. The van der Waals surface area contributed by atoms with Crippen molar-refractivity contribution in [1.82, 2.24) is 9.29 Å². The Hall–Kier alpha value is -3.02. The van der Waals surface area contributed by atoms with E-state index in [1.807, 2.05) is 23.6 Å². The van der Waals surface area contributed by atoms with Crippen molar-refractivity contribution in [2.45, 2.75) is 11.3 Å². The van der Waals surface area contributed by atoms with Crippen LogP contribution in [0, 0.1) is 0 Å². The molecule has 11 heteroatoms. The SMILES string of the molecule is COc1ccc(Cc2csc(N3CCN(S(=O)(=O)c4ccc(OC)cc4OC)CC3)n2)c(OC)c1. The number of methoxy groups -OCH3 is 4. The molecule has 1 aliphatic rings. The number of aromatic nitrogens is 1. The zero-order valence-corrected chi connectivity index (χ0v) is 21.8. The standard InChI is InChI=1S/C24H29N3O6S2/c1-30-19-6-5-17(21(14-19)32-3)13-18-16-34-24(25-18)26-9-11-27(12-10-26)35(28,29)23-8-7-20(31-2)15-22(23)33-4/h5-8,14-16H,9-13H2,1-4H3. The van der Waals surface area contributed by atoms with Crippen molar-refractivity contribution in [2.24, 2.45) is 0 Å². The molecule has 0 aliphatic carbocycles. The summed E-state index contributed by atoms with van der Waals surface area (Å²) in [6.45, 7) is 1.82. The number of nitrogens with zero attached hydrogens (tertiary/aromatic N) is 3. The van der Waals surface area contributed by atoms with Crippen molar-refractivity contribution in [1.29, 1.82) is 0 Å². The number of piperazine rings is 1. The van der Waals surface area contributed by atoms with Crippen molar-refractivity contribution in [3.05, 3.63) is 53.0 Å². The molecule has 1 aromatic heterocycles. The Morgan fingerprint density at radius 1 is 0.857 bits per heavy atom. The van der Waals surface area contributed by atoms with Crippen LogP contribution in [0.1, 0.15) is 11.3 Å². The van der Waals surface area contributed by atoms with E-state index in [1.54, 1.807) is 37.7 Å². The first-order valence-corrected chi connectivity index (χ1v) is 13.3. The van der Waals surface area contributed by atoms with E-state index in [-0.39, 0.29) is 10.6 Å². The molecule has 4 rings (SSSR count). The Morgan fingerprint density at radius 2 is 1.49 bits per heavy atom. The number of anilines is 1. The van der Waals surface area contributed by atoms with Gasteiger partial charge in [-0.25, -0.2) is 13.4 Å². The van der Waals surface area contributed by atoms with Crippen molar-refractivity contribution >= 4 is 26.5 Å². The molecule has 0 amide bonds. The van der Waals surface area contributed by atoms with Crippen LogP contribution in [0.4, 0.5) is 5.13 Å². The van der Waals surface area contributed by atoms with Gasteiger partial charge in [0.1, 0.15) is 27.9 Å². The molecule has 1 fully saturated rings. The van der Waals surface area contributed by atoms with Crippen molar-refractivity contribution in [2.75, 3.05) is 59.5 Å². The summed E-state index contributed by atoms with van der Waals surface area (Å²) in [4.78, 5) is 7.05. The molecule has 2 aromatic carbocycles. The highest BCUT2D eigenvalue weighted by Gasteiger charge is 2.31. The highest BCUT2D eigenvalue weighted by atomic mass is 32.2. The summed E-state index contributed by atoms with van der Waals surface area (Å²) in [6, 6.07) is 10.5. The smallest absolute Gasteiger partial charge is 0.246 e. The summed E-state index contributed by atoms with van der Waals surface area (Å²) >= 11 is 1.56. The quantitative estimate of drug-likeness (QED) is 0.426. The van der Waals surface area contributed by atoms with Crippen LogP contribution in [0.3, 0.4) is 0 Å². The van der Waals surface area contributed by atoms with E-state index in [9.17, 15) is 8.42 Å². The van der Waals surface area contributed by atoms with E-state index in [1.165, 1.54) is 24.6 Å². The summed E-state index contributed by atoms with van der Waals surface area (Å²) in [7, 11) is 2.54. The normalized spacial score (nSPS) is 14.6. The fourth-order valence-electron chi connectivity index (χ4n) is 3.96. The second kappa shape index (κ2) is 10.7. The lowest BCUT2D eigenvalue weighted by Gasteiger charge is -2.34. The number of benzene rings is 2. The largest absolute Gasteiger partial charge is 0.497 e. The molecule has 35 heavy (non-hydrogen) atoms. The number of thiazole rings is 1. The fraction of sp³-hybridized carbons (Fsp3) is 0.375. The molecule has 0 atom stereocenters. The molecule has 0 saturated carbocycles. The van der Waals surface area contributed by atoms with Crippen molar-refractivity contribution in [3.63, 3.8) is 0 Å². The molecular weight excluding hydrogens is 490 g/mol. The zero-order chi connectivity index (χ0) is 25.0. The molecule has 0 N–H and O–H groups in total. The van der Waals surface area contributed by atoms with Gasteiger partial charge in [0.15, 0.2) is 5.13 Å². The molecule has 2 heterocycles. The van der Waals surface area contributed by atoms with Crippen LogP contribution in [0.25, 0.3) is 0 Å². The summed E-state index contributed by atoms with van der Waals surface area (Å²) in [5.74, 6) is 2.30. The van der Waals surface area contributed by atoms with Gasteiger partial charge in [-0.15, -0.1) is 11.3 Å². The van der Waals surface area contributed by atoms with Crippen molar-refractivity contribution in [3.8, 4) is 23.0 Å². The van der Waals surface area contributed by atoms with Gasteiger partial charge in [-0.2, -0.15) is 4.31 Å². The van der Waals surface area contributed by atoms with E-state index in [4.69, 9.17) is 23.9 Å². The van der Waals surface area contributed by atoms with Gasteiger partial charge < -0.3 is 23.8 Å². The van der Waals surface area contributed by atoms with E-state index in [0.717, 1.165) is 27.9 Å². The van der Waals surface area contributed by atoms with E-state index >= 15 is 0 Å². The first-order chi connectivity index (χ1) is 16.9. The Bertz CT molecular complexity index is 1270. The second-order valence-corrected chi connectivity index (χ2v) is 10.6. The first kappa shape index (κ1) is 25.1. The molecule has 0 bridgehead atoms. The fourth-order valence-corrected chi connectivity index (χ4v) is 6.40. The molecule has 0 spiro atoms. The molecule has 0 unspecified atom stereocenters. The highest BCUT2D eigenvalue weighted by molar-refractivity contribution is 7.89. The number of hydrogen-bond acceptors (Lipinski definition) is 9. The number of rotatable bonds is 9. The third kappa shape index (κ3) is 5.31. The van der Waals surface area contributed by atoms with Crippen LogP contribution < -0.4 is 23.8 Å². The number of sulfonamides is 1. The van der Waals surface area contributed by atoms with Gasteiger partial charge in [0.2, 0.25) is 10.0 Å². The number of hydrogen-bond donors (Lipinski definition) is 0. The second-order valence-electron chi connectivity index (χ2n) is 7.88. The predicted octanol–water partition coefficient (Wildman–Crippen LogP) is 3.28. The predicted molar refractivity (Wildman–Crippen MR) is 135 cm³/mol. The summed E-state index contributed by atoms with van der Waals surface area (Å²) in [5.41, 5.74) is 1.96. The summed E-state index contributed by atoms with van der Waals surface area (Å²) in [5, 5.41) is 2.91. The van der Waals surface area contributed by atoms with E-state index in [0.29, 0.717) is 38.3 Å². The van der Waals surface area contributed by atoms with Crippen LogP contribution in [-0.4, -0.2) is 72.3 Å². The Labute approximate surface area is 209 Å². The molecular formula is C24H29N3O6S2. The lowest BCUT2D eigenvalue weighted by molar-refractivity contribution is 0.370. The Kier molecular flexibility index (Phi) is 7.68. The molecule has 188 valence electrons. The molecule has 1 saturated heterocycles. The average Bonchev–Trinajstić information content (AvgIpc) is 3.37. The third-order valence-electron chi connectivity index (χ3n) is 5.90. The van der Waals surface area contributed by atoms with Gasteiger partial charge in [0, 0.05) is 55.7 Å². The summed E-state index contributed by atoms with van der Waals surface area (Å²) in [6.07, 6.45) is 0.634. The van der Waals surface area contributed by atoms with E-state index < -0.39 is 10.0 Å². The minimum Gasteiger partial charge on any atom is -0.497 e. The number of ether oxygens (including phenoxy) is 4. The lowest BCUT2D eigenvalue weighted by atomic mass is 10.1. The van der Waals surface area contributed by atoms with Gasteiger partial charge in [-0.05, 0) is 18.2 Å². The first-order valence-electron chi connectivity index (χ1n) is 11.0. The topological polar surface area (TPSA) is 90.4 Å². The van der Waals surface area contributed by atoms with Gasteiger partial charge >= 0.3 is 0 Å². The lowest BCUT2D eigenvalue weighted by Crippen LogP contribution is -2.48. The molecule has 0 radical (unpaired) electrons. The van der Waals surface area contributed by atoms with Gasteiger partial charge in [0.05, 0.1) is 34.1 Å². The van der Waals surface area contributed by atoms with Crippen LogP contribution in [0.5, 0.6) is 23.0 Å².